The zero-order valence-corrected chi connectivity index (χ0v) is 13.8. The van der Waals surface area contributed by atoms with Gasteiger partial charge in [-0.15, -0.1) is 20.4 Å². The predicted molar refractivity (Wildman–Crippen MR) is 89.5 cm³/mol. The van der Waals surface area contributed by atoms with E-state index in [-0.39, 0.29) is 6.04 Å². The summed E-state index contributed by atoms with van der Waals surface area (Å²) in [7, 11) is 1.99. The van der Waals surface area contributed by atoms with Crippen LogP contribution in [-0.4, -0.2) is 31.5 Å². The first-order valence-electron chi connectivity index (χ1n) is 7.78. The number of hydrogen-bond acceptors (Lipinski definition) is 6. The molecule has 1 atom stereocenters. The van der Waals surface area contributed by atoms with Crippen LogP contribution in [0.2, 0.25) is 0 Å². The molecule has 0 aliphatic carbocycles. The van der Waals surface area contributed by atoms with Crippen molar-refractivity contribution in [2.24, 2.45) is 7.05 Å². The molecule has 1 aliphatic rings. The fourth-order valence-corrected chi connectivity index (χ4v) is 4.01. The minimum Gasteiger partial charge on any atom is -0.336 e. The molecule has 3 aromatic rings. The zero-order chi connectivity index (χ0) is 15.6. The van der Waals surface area contributed by atoms with Crippen LogP contribution in [-0.2, 0) is 13.5 Å². The summed E-state index contributed by atoms with van der Waals surface area (Å²) in [6.07, 6.45) is 4.82. The summed E-state index contributed by atoms with van der Waals surface area (Å²) in [5.74, 6) is 1.00. The first-order chi connectivity index (χ1) is 11.3. The molecule has 0 amide bonds. The lowest BCUT2D eigenvalue weighted by atomic mass is 10.2. The number of nitrogens with zero attached hydrogens (tertiary/aromatic N) is 6. The maximum absolute atomic E-state index is 4.42. The average Bonchev–Trinajstić information content (AvgIpc) is 3.28. The number of benzene rings is 1. The van der Waals surface area contributed by atoms with Crippen LogP contribution in [0.3, 0.4) is 0 Å². The summed E-state index contributed by atoms with van der Waals surface area (Å²) in [4.78, 5) is 2.32. The highest BCUT2D eigenvalue weighted by Crippen LogP contribution is 2.36. The van der Waals surface area contributed by atoms with E-state index in [9.17, 15) is 0 Å². The first-order valence-corrected chi connectivity index (χ1v) is 8.60. The molecule has 1 unspecified atom stereocenters. The number of aromatic nitrogens is 5. The highest BCUT2D eigenvalue weighted by molar-refractivity contribution is 7.15. The van der Waals surface area contributed by atoms with Gasteiger partial charge in [-0.2, -0.15) is 0 Å². The lowest BCUT2D eigenvalue weighted by Gasteiger charge is -2.22. The van der Waals surface area contributed by atoms with Gasteiger partial charge in [0.2, 0.25) is 5.13 Å². The summed E-state index contributed by atoms with van der Waals surface area (Å²) in [6.45, 7) is 0.998. The van der Waals surface area contributed by atoms with Gasteiger partial charge in [-0.3, -0.25) is 0 Å². The van der Waals surface area contributed by atoms with E-state index in [4.69, 9.17) is 0 Å². The van der Waals surface area contributed by atoms with Crippen LogP contribution in [0, 0.1) is 0 Å². The smallest absolute Gasteiger partial charge is 0.208 e. The fraction of sp³-hybridized carbons (Fsp3) is 0.375. The molecule has 23 heavy (non-hydrogen) atoms. The van der Waals surface area contributed by atoms with Crippen molar-refractivity contribution in [2.75, 3.05) is 11.4 Å². The summed E-state index contributed by atoms with van der Waals surface area (Å²) >= 11 is 1.68. The Morgan fingerprint density at radius 2 is 2.04 bits per heavy atom. The normalized spacial score (nSPS) is 17.8. The summed E-state index contributed by atoms with van der Waals surface area (Å²) in [6, 6.07) is 10.6. The Labute approximate surface area is 138 Å². The standard InChI is InChI=1S/C16H18N6S/c1-21-11-17-19-15(21)13-8-5-9-22(13)16-20-18-14(23-16)10-12-6-3-2-4-7-12/h2-4,6-7,11,13H,5,8-10H2,1H3. The van der Waals surface area contributed by atoms with Gasteiger partial charge < -0.3 is 9.47 Å². The molecule has 1 aliphatic heterocycles. The highest BCUT2D eigenvalue weighted by atomic mass is 32.1. The van der Waals surface area contributed by atoms with Crippen molar-refractivity contribution in [2.45, 2.75) is 25.3 Å². The minimum absolute atomic E-state index is 0.250. The van der Waals surface area contributed by atoms with Gasteiger partial charge in [0, 0.05) is 20.0 Å². The topological polar surface area (TPSA) is 59.7 Å². The predicted octanol–water partition coefficient (Wildman–Crippen LogP) is 2.60. The van der Waals surface area contributed by atoms with Crippen molar-refractivity contribution in [3.05, 3.63) is 53.1 Å². The SMILES string of the molecule is Cn1cnnc1C1CCCN1c1nnc(Cc2ccccc2)s1. The second-order valence-electron chi connectivity index (χ2n) is 5.79. The molecule has 1 saturated heterocycles. The van der Waals surface area contributed by atoms with Crippen molar-refractivity contribution in [3.8, 4) is 0 Å². The minimum atomic E-state index is 0.250. The number of anilines is 1. The molecule has 1 aromatic carbocycles. The van der Waals surface area contributed by atoms with Crippen molar-refractivity contribution in [3.63, 3.8) is 0 Å². The molecule has 4 rings (SSSR count). The van der Waals surface area contributed by atoms with E-state index in [1.165, 1.54) is 5.56 Å². The zero-order valence-electron chi connectivity index (χ0n) is 13.0. The third-order valence-corrected chi connectivity index (χ3v) is 5.16. The lowest BCUT2D eigenvalue weighted by molar-refractivity contribution is 0.626. The van der Waals surface area contributed by atoms with E-state index >= 15 is 0 Å². The summed E-state index contributed by atoms with van der Waals surface area (Å²) < 4.78 is 1.99. The number of rotatable bonds is 4. The Hall–Kier alpha value is -2.28. The molecular weight excluding hydrogens is 308 g/mol. The van der Waals surface area contributed by atoms with Gasteiger partial charge in [0.25, 0.3) is 0 Å². The van der Waals surface area contributed by atoms with Crippen LogP contribution in [0.15, 0.2) is 36.7 Å². The molecular formula is C16H18N6S. The van der Waals surface area contributed by atoms with Crippen LogP contribution in [0.1, 0.15) is 35.3 Å². The van der Waals surface area contributed by atoms with E-state index < -0.39 is 0 Å². The third-order valence-electron chi connectivity index (χ3n) is 4.20. The molecule has 0 bridgehead atoms. The van der Waals surface area contributed by atoms with Gasteiger partial charge in [0.15, 0.2) is 5.82 Å². The molecule has 3 heterocycles. The van der Waals surface area contributed by atoms with Crippen LogP contribution in [0.25, 0.3) is 0 Å². The van der Waals surface area contributed by atoms with Gasteiger partial charge in [-0.1, -0.05) is 41.7 Å². The van der Waals surface area contributed by atoms with Gasteiger partial charge in [-0.05, 0) is 18.4 Å². The number of hydrogen-bond donors (Lipinski definition) is 0. The van der Waals surface area contributed by atoms with Crippen LogP contribution >= 0.6 is 11.3 Å². The average molecular weight is 326 g/mol. The lowest BCUT2D eigenvalue weighted by Crippen LogP contribution is -2.24. The molecule has 7 heteroatoms. The van der Waals surface area contributed by atoms with Gasteiger partial charge in [0.1, 0.15) is 11.3 Å². The van der Waals surface area contributed by atoms with Crippen LogP contribution < -0.4 is 4.90 Å². The van der Waals surface area contributed by atoms with E-state index in [1.807, 2.05) is 17.7 Å². The van der Waals surface area contributed by atoms with Gasteiger partial charge in [-0.25, -0.2) is 0 Å². The molecule has 0 N–H and O–H groups in total. The van der Waals surface area contributed by atoms with E-state index in [0.29, 0.717) is 0 Å². The Kier molecular flexibility index (Phi) is 3.78. The molecule has 118 valence electrons. The summed E-state index contributed by atoms with van der Waals surface area (Å²) in [5.41, 5.74) is 1.27. The maximum atomic E-state index is 4.42. The Morgan fingerprint density at radius 1 is 1.17 bits per heavy atom. The van der Waals surface area contributed by atoms with E-state index in [2.05, 4.69) is 49.6 Å². The van der Waals surface area contributed by atoms with Gasteiger partial charge in [0.05, 0.1) is 6.04 Å². The Morgan fingerprint density at radius 3 is 2.83 bits per heavy atom. The maximum Gasteiger partial charge on any atom is 0.208 e. The Balaban J connectivity index is 1.55. The van der Waals surface area contributed by atoms with Crippen molar-refractivity contribution < 1.29 is 0 Å². The molecule has 6 nitrogen and oxygen atoms in total. The van der Waals surface area contributed by atoms with E-state index in [0.717, 1.165) is 41.8 Å². The quantitative estimate of drug-likeness (QED) is 0.737. The molecule has 1 fully saturated rings. The van der Waals surface area contributed by atoms with Crippen molar-refractivity contribution in [1.82, 2.24) is 25.0 Å². The Bertz CT molecular complexity index is 781. The van der Waals surface area contributed by atoms with Gasteiger partial charge >= 0.3 is 0 Å². The molecule has 2 aromatic heterocycles. The van der Waals surface area contributed by atoms with Crippen LogP contribution in [0.5, 0.6) is 0 Å². The molecule has 0 saturated carbocycles. The first kappa shape index (κ1) is 14.3. The molecule has 0 radical (unpaired) electrons. The second-order valence-corrected chi connectivity index (χ2v) is 6.83. The summed E-state index contributed by atoms with van der Waals surface area (Å²) in [5, 5.41) is 19.1. The number of aryl methyl sites for hydroxylation is 1. The van der Waals surface area contributed by atoms with Crippen LogP contribution in [0.4, 0.5) is 5.13 Å². The fourth-order valence-electron chi connectivity index (χ4n) is 3.06. The van der Waals surface area contributed by atoms with Crippen molar-refractivity contribution in [1.29, 1.82) is 0 Å². The highest BCUT2D eigenvalue weighted by Gasteiger charge is 2.31. The molecule has 0 spiro atoms. The monoisotopic (exact) mass is 326 g/mol. The second kappa shape index (κ2) is 6.08. The third kappa shape index (κ3) is 2.84. The van der Waals surface area contributed by atoms with Crippen molar-refractivity contribution >= 4 is 16.5 Å². The largest absolute Gasteiger partial charge is 0.336 e. The van der Waals surface area contributed by atoms with E-state index in [1.54, 1.807) is 17.7 Å².